The van der Waals surface area contributed by atoms with Crippen molar-refractivity contribution in [3.8, 4) is 11.8 Å². The zero-order chi connectivity index (χ0) is 29.3. The fourth-order valence-electron chi connectivity index (χ4n) is 4.28. The van der Waals surface area contributed by atoms with Gasteiger partial charge in [-0.25, -0.2) is 17.7 Å². The van der Waals surface area contributed by atoms with E-state index in [4.69, 9.17) is 0 Å². The van der Waals surface area contributed by atoms with Crippen molar-refractivity contribution in [2.24, 2.45) is 5.41 Å². The van der Waals surface area contributed by atoms with E-state index < -0.39 is 45.6 Å². The molecule has 3 heterocycles. The quantitative estimate of drug-likeness (QED) is 0.293. The highest BCUT2D eigenvalue weighted by Crippen LogP contribution is 2.36. The Labute approximate surface area is 231 Å². The highest BCUT2D eigenvalue weighted by molar-refractivity contribution is 6.04. The Balaban J connectivity index is 1.50. The number of aromatic nitrogens is 4. The minimum atomic E-state index is -0.995. The Kier molecular flexibility index (Phi) is 7.03. The van der Waals surface area contributed by atoms with Gasteiger partial charge in [-0.05, 0) is 62.4 Å². The predicted octanol–water partition coefficient (Wildman–Crippen LogP) is 5.24. The monoisotopic (exact) mass is 557 g/mol. The Hall–Kier alpha value is -5.44. The molecule has 5 rings (SSSR count). The van der Waals surface area contributed by atoms with Gasteiger partial charge in [0.15, 0.2) is 0 Å². The van der Waals surface area contributed by atoms with Gasteiger partial charge in [0.2, 0.25) is 0 Å². The Morgan fingerprint density at radius 1 is 1.00 bits per heavy atom. The molecule has 12 heteroatoms. The number of rotatable bonds is 7. The maximum Gasteiger partial charge on any atom is 0.284 e. The number of hydrogen-bond acceptors (Lipinski definition) is 6. The van der Waals surface area contributed by atoms with Crippen molar-refractivity contribution in [1.29, 1.82) is 5.26 Å². The molecule has 0 aliphatic carbocycles. The van der Waals surface area contributed by atoms with Gasteiger partial charge in [-0.3, -0.25) is 9.59 Å². The van der Waals surface area contributed by atoms with Crippen molar-refractivity contribution in [2.45, 2.75) is 13.8 Å². The molecule has 2 aromatic carbocycles. The number of nitrogens with zero attached hydrogens (tertiary/aromatic N) is 6. The number of carbonyl (C=O) groups excluding carboxylic acids is 1. The summed E-state index contributed by atoms with van der Waals surface area (Å²) in [5.41, 5.74) is -1.54. The molecule has 0 aliphatic rings. The third-order valence-corrected chi connectivity index (χ3v) is 6.30. The predicted molar refractivity (Wildman–Crippen MR) is 146 cm³/mol. The van der Waals surface area contributed by atoms with Crippen LogP contribution in [0.15, 0.2) is 84.0 Å². The zero-order valence-corrected chi connectivity index (χ0v) is 21.8. The summed E-state index contributed by atoms with van der Waals surface area (Å²) in [7, 11) is 0. The Morgan fingerprint density at radius 3 is 2.46 bits per heavy atom. The summed E-state index contributed by atoms with van der Waals surface area (Å²) in [6.45, 7) is 3.36. The van der Waals surface area contributed by atoms with Crippen LogP contribution in [0.5, 0.6) is 0 Å². The van der Waals surface area contributed by atoms with E-state index in [9.17, 15) is 19.2 Å². The van der Waals surface area contributed by atoms with Crippen molar-refractivity contribution < 1.29 is 18.0 Å². The number of benzene rings is 2. The number of fused-ring (bicyclic) bond motifs is 1. The molecular weight excluding hydrogens is 535 g/mol. The molecule has 0 aliphatic heterocycles. The third kappa shape index (κ3) is 5.38. The number of anilines is 3. The summed E-state index contributed by atoms with van der Waals surface area (Å²) in [6.07, 6.45) is 4.45. The first-order valence-electron chi connectivity index (χ1n) is 12.3. The standard InChI is InChI=1S/C29H22F3N7O2/c1-29(2,16-33)17-37(24-4-3-13-38-25(24)10-12-34-38)26-15-21(31)23(14-22(26)32)36-27(40)20-9-11-35-39(28(20)41)19-7-5-18(30)6-8-19/h3-15H,17H2,1-2H3,(H,36,40). The average Bonchev–Trinajstić information content (AvgIpc) is 3.44. The molecule has 1 N–H and O–H groups in total. The summed E-state index contributed by atoms with van der Waals surface area (Å²) in [4.78, 5) is 27.4. The molecule has 0 bridgehead atoms. The van der Waals surface area contributed by atoms with Crippen molar-refractivity contribution in [3.05, 3.63) is 113 Å². The van der Waals surface area contributed by atoms with Crippen LogP contribution in [-0.4, -0.2) is 31.8 Å². The van der Waals surface area contributed by atoms with Crippen LogP contribution < -0.4 is 15.8 Å². The first kappa shape index (κ1) is 27.1. The lowest BCUT2D eigenvalue weighted by Gasteiger charge is -2.31. The molecule has 0 spiro atoms. The first-order chi connectivity index (χ1) is 19.6. The molecule has 1 amide bonds. The van der Waals surface area contributed by atoms with Crippen molar-refractivity contribution in [3.63, 3.8) is 0 Å². The van der Waals surface area contributed by atoms with E-state index in [1.54, 1.807) is 49.0 Å². The number of pyridine rings is 1. The van der Waals surface area contributed by atoms with E-state index in [1.807, 2.05) is 0 Å². The van der Waals surface area contributed by atoms with Crippen LogP contribution in [0.25, 0.3) is 11.2 Å². The second-order valence-corrected chi connectivity index (χ2v) is 9.81. The molecule has 3 aromatic heterocycles. The molecule has 41 heavy (non-hydrogen) atoms. The summed E-state index contributed by atoms with van der Waals surface area (Å²) >= 11 is 0. The van der Waals surface area contributed by atoms with Crippen LogP contribution in [0.4, 0.5) is 30.2 Å². The molecule has 0 unspecified atom stereocenters. The third-order valence-electron chi connectivity index (χ3n) is 6.30. The van der Waals surface area contributed by atoms with Gasteiger partial charge in [-0.1, -0.05) is 0 Å². The lowest BCUT2D eigenvalue weighted by molar-refractivity contribution is 0.102. The topological polar surface area (TPSA) is 108 Å². The summed E-state index contributed by atoms with van der Waals surface area (Å²) in [6, 6.07) is 15.0. The van der Waals surface area contributed by atoms with Crippen LogP contribution >= 0.6 is 0 Å². The van der Waals surface area contributed by atoms with E-state index in [1.165, 1.54) is 23.2 Å². The maximum atomic E-state index is 15.6. The van der Waals surface area contributed by atoms with Gasteiger partial charge in [-0.2, -0.15) is 20.1 Å². The van der Waals surface area contributed by atoms with Crippen LogP contribution in [0, 0.1) is 34.2 Å². The Bertz CT molecular complexity index is 1870. The number of halogens is 3. The second-order valence-electron chi connectivity index (χ2n) is 9.81. The number of amides is 1. The SMILES string of the molecule is CC(C)(C#N)CN(c1cc(F)c(NC(=O)c2ccnn(-c3ccc(F)cc3)c2=O)cc1F)c1cccn2nccc12. The van der Waals surface area contributed by atoms with E-state index in [2.05, 4.69) is 21.6 Å². The second kappa shape index (κ2) is 10.6. The minimum absolute atomic E-state index is 0.0103. The molecule has 206 valence electrons. The lowest BCUT2D eigenvalue weighted by Crippen LogP contribution is -2.31. The molecule has 0 saturated carbocycles. The van der Waals surface area contributed by atoms with E-state index in [-0.39, 0.29) is 17.9 Å². The van der Waals surface area contributed by atoms with Crippen molar-refractivity contribution in [1.82, 2.24) is 19.4 Å². The van der Waals surface area contributed by atoms with Gasteiger partial charge >= 0.3 is 0 Å². The molecule has 0 atom stereocenters. The number of nitrogens with one attached hydrogen (secondary N) is 1. The van der Waals surface area contributed by atoms with Crippen LogP contribution in [0.3, 0.4) is 0 Å². The largest absolute Gasteiger partial charge is 0.336 e. The smallest absolute Gasteiger partial charge is 0.284 e. The molecule has 5 aromatic rings. The first-order valence-corrected chi connectivity index (χ1v) is 12.3. The van der Waals surface area contributed by atoms with E-state index in [0.29, 0.717) is 11.2 Å². The lowest BCUT2D eigenvalue weighted by atomic mass is 9.94. The zero-order valence-electron chi connectivity index (χ0n) is 21.8. The molecular formula is C29H22F3N7O2. The van der Waals surface area contributed by atoms with Gasteiger partial charge < -0.3 is 10.2 Å². The fraction of sp³-hybridized carbons (Fsp3) is 0.138. The van der Waals surface area contributed by atoms with Crippen molar-refractivity contribution in [2.75, 3.05) is 16.8 Å². The van der Waals surface area contributed by atoms with Gasteiger partial charge in [0.25, 0.3) is 11.5 Å². The summed E-state index contributed by atoms with van der Waals surface area (Å²) in [5, 5.41) is 20.0. The minimum Gasteiger partial charge on any atom is -0.336 e. The normalized spacial score (nSPS) is 11.3. The van der Waals surface area contributed by atoms with Gasteiger partial charge in [0.1, 0.15) is 23.0 Å². The van der Waals surface area contributed by atoms with Crippen LogP contribution in [0.2, 0.25) is 0 Å². The number of hydrogen-bond donors (Lipinski definition) is 1. The summed E-state index contributed by atoms with van der Waals surface area (Å²) in [5.74, 6) is -3.36. The number of carbonyl (C=O) groups is 1. The molecule has 9 nitrogen and oxygen atoms in total. The van der Waals surface area contributed by atoms with Gasteiger partial charge in [-0.15, -0.1) is 0 Å². The fourth-order valence-corrected chi connectivity index (χ4v) is 4.28. The highest BCUT2D eigenvalue weighted by atomic mass is 19.1. The van der Waals surface area contributed by atoms with Gasteiger partial charge in [0, 0.05) is 31.1 Å². The summed E-state index contributed by atoms with van der Waals surface area (Å²) < 4.78 is 46.8. The Morgan fingerprint density at radius 2 is 1.73 bits per heavy atom. The molecule has 0 fully saturated rings. The average molecular weight is 558 g/mol. The van der Waals surface area contributed by atoms with Crippen molar-refractivity contribution >= 4 is 28.5 Å². The molecule has 0 saturated heterocycles. The van der Waals surface area contributed by atoms with Crippen LogP contribution in [0.1, 0.15) is 24.2 Å². The highest BCUT2D eigenvalue weighted by Gasteiger charge is 2.27. The molecule has 0 radical (unpaired) electrons. The van der Waals surface area contributed by atoms with E-state index in [0.717, 1.165) is 35.0 Å². The van der Waals surface area contributed by atoms with E-state index >= 15 is 8.78 Å². The maximum absolute atomic E-state index is 15.6. The number of nitriles is 1. The van der Waals surface area contributed by atoms with Gasteiger partial charge in [0.05, 0.1) is 45.9 Å². The van der Waals surface area contributed by atoms with Crippen LogP contribution in [-0.2, 0) is 0 Å².